The molecular weight excluding hydrogens is 282 g/mol. The Morgan fingerprint density at radius 3 is 2.45 bits per heavy atom. The molecule has 1 fully saturated rings. The number of aliphatic carboxylic acids is 1. The van der Waals surface area contributed by atoms with Crippen molar-refractivity contribution in [2.45, 2.75) is 39.3 Å². The van der Waals surface area contributed by atoms with Gasteiger partial charge in [0.1, 0.15) is 12.6 Å². The predicted molar refractivity (Wildman–Crippen MR) is 84.5 cm³/mol. The van der Waals surface area contributed by atoms with Crippen molar-refractivity contribution in [3.63, 3.8) is 0 Å². The molecule has 2 rings (SSSR count). The lowest BCUT2D eigenvalue weighted by atomic mass is 10.2. The number of carbonyl (C=O) groups is 2. The SMILES string of the molecule is C=C(C)C.O=C(O)C1CCCN1C(=O)OCc1ccccc1. The van der Waals surface area contributed by atoms with Gasteiger partial charge in [-0.05, 0) is 32.3 Å². The number of nitrogens with zero attached hydrogens (tertiary/aromatic N) is 1. The maximum Gasteiger partial charge on any atom is 0.410 e. The van der Waals surface area contributed by atoms with Crippen LogP contribution in [-0.2, 0) is 16.1 Å². The molecule has 1 aliphatic rings. The number of ether oxygens (including phenoxy) is 1. The molecule has 1 heterocycles. The molecule has 0 bridgehead atoms. The molecule has 22 heavy (non-hydrogen) atoms. The minimum atomic E-state index is -0.968. The summed E-state index contributed by atoms with van der Waals surface area (Å²) in [6, 6.07) is 8.57. The summed E-state index contributed by atoms with van der Waals surface area (Å²) in [6.45, 7) is 8.12. The summed E-state index contributed by atoms with van der Waals surface area (Å²) in [5.74, 6) is -0.968. The molecule has 0 saturated carbocycles. The molecule has 0 aliphatic carbocycles. The number of amides is 1. The van der Waals surface area contributed by atoms with Crippen LogP contribution in [-0.4, -0.2) is 34.7 Å². The Balaban J connectivity index is 0.000000541. The van der Waals surface area contributed by atoms with E-state index in [2.05, 4.69) is 6.58 Å². The first-order chi connectivity index (χ1) is 10.4. The second kappa shape index (κ2) is 8.87. The van der Waals surface area contributed by atoms with Crippen molar-refractivity contribution in [1.82, 2.24) is 4.90 Å². The molecule has 1 saturated heterocycles. The van der Waals surface area contributed by atoms with E-state index >= 15 is 0 Å². The van der Waals surface area contributed by atoms with Gasteiger partial charge in [0.15, 0.2) is 0 Å². The highest BCUT2D eigenvalue weighted by atomic mass is 16.6. The minimum Gasteiger partial charge on any atom is -0.480 e. The third kappa shape index (κ3) is 5.99. The van der Waals surface area contributed by atoms with Gasteiger partial charge in [-0.15, -0.1) is 6.58 Å². The van der Waals surface area contributed by atoms with Crippen molar-refractivity contribution in [2.75, 3.05) is 6.54 Å². The fraction of sp³-hybridized carbons (Fsp3) is 0.412. The maximum absolute atomic E-state index is 11.8. The second-order valence-electron chi connectivity index (χ2n) is 5.44. The van der Waals surface area contributed by atoms with Crippen LogP contribution in [0.1, 0.15) is 32.3 Å². The molecule has 0 aromatic heterocycles. The molecule has 1 atom stereocenters. The zero-order valence-corrected chi connectivity index (χ0v) is 13.1. The Labute approximate surface area is 131 Å². The van der Waals surface area contributed by atoms with Crippen molar-refractivity contribution >= 4 is 12.1 Å². The number of benzene rings is 1. The number of rotatable bonds is 3. The highest BCUT2D eigenvalue weighted by molar-refractivity contribution is 5.80. The van der Waals surface area contributed by atoms with Crippen LogP contribution in [0.2, 0.25) is 0 Å². The van der Waals surface area contributed by atoms with Crippen molar-refractivity contribution in [1.29, 1.82) is 0 Å². The molecule has 1 aromatic carbocycles. The van der Waals surface area contributed by atoms with Crippen LogP contribution in [0.25, 0.3) is 0 Å². The van der Waals surface area contributed by atoms with Crippen molar-refractivity contribution in [2.24, 2.45) is 0 Å². The summed E-state index contributed by atoms with van der Waals surface area (Å²) in [5, 5.41) is 8.97. The minimum absolute atomic E-state index is 0.169. The molecule has 1 amide bonds. The largest absolute Gasteiger partial charge is 0.480 e. The lowest BCUT2D eigenvalue weighted by Crippen LogP contribution is -2.40. The van der Waals surface area contributed by atoms with E-state index < -0.39 is 18.1 Å². The van der Waals surface area contributed by atoms with Crippen LogP contribution in [0.5, 0.6) is 0 Å². The average Bonchev–Trinajstić information content (AvgIpc) is 2.95. The summed E-state index contributed by atoms with van der Waals surface area (Å²) in [4.78, 5) is 24.0. The van der Waals surface area contributed by atoms with Crippen LogP contribution in [0.15, 0.2) is 42.5 Å². The summed E-state index contributed by atoms with van der Waals surface area (Å²) >= 11 is 0. The summed E-state index contributed by atoms with van der Waals surface area (Å²) in [7, 11) is 0. The number of hydrogen-bond acceptors (Lipinski definition) is 3. The number of allylic oxidation sites excluding steroid dienone is 1. The van der Waals surface area contributed by atoms with Crippen LogP contribution in [0.3, 0.4) is 0 Å². The maximum atomic E-state index is 11.8. The first-order valence-corrected chi connectivity index (χ1v) is 7.24. The van der Waals surface area contributed by atoms with Gasteiger partial charge in [-0.1, -0.05) is 35.9 Å². The van der Waals surface area contributed by atoms with Crippen molar-refractivity contribution < 1.29 is 19.4 Å². The highest BCUT2D eigenvalue weighted by Crippen LogP contribution is 2.18. The van der Waals surface area contributed by atoms with E-state index in [-0.39, 0.29) is 6.61 Å². The molecule has 0 radical (unpaired) electrons. The van der Waals surface area contributed by atoms with Crippen LogP contribution in [0, 0.1) is 0 Å². The average molecular weight is 305 g/mol. The first kappa shape index (κ1) is 17.8. The molecule has 5 heteroatoms. The van der Waals surface area contributed by atoms with Gasteiger partial charge in [0.2, 0.25) is 0 Å². The summed E-state index contributed by atoms with van der Waals surface area (Å²) in [6.07, 6.45) is 0.649. The quantitative estimate of drug-likeness (QED) is 0.868. The topological polar surface area (TPSA) is 66.8 Å². The molecule has 1 aliphatic heterocycles. The number of hydrogen-bond donors (Lipinski definition) is 1. The number of carboxylic acid groups (broad SMARTS) is 1. The lowest BCUT2D eigenvalue weighted by Gasteiger charge is -2.20. The van der Waals surface area contributed by atoms with Gasteiger partial charge in [-0.25, -0.2) is 9.59 Å². The third-order valence-corrected chi connectivity index (χ3v) is 2.98. The normalized spacial score (nSPS) is 16.5. The Kier molecular flexibility index (Phi) is 7.16. The van der Waals surface area contributed by atoms with Crippen molar-refractivity contribution in [3.8, 4) is 0 Å². The number of carbonyl (C=O) groups excluding carboxylic acids is 1. The first-order valence-electron chi connectivity index (χ1n) is 7.24. The van der Waals surface area contributed by atoms with Crippen LogP contribution >= 0.6 is 0 Å². The molecule has 1 aromatic rings. The molecule has 120 valence electrons. The van der Waals surface area contributed by atoms with Crippen LogP contribution in [0.4, 0.5) is 4.79 Å². The zero-order chi connectivity index (χ0) is 16.5. The van der Waals surface area contributed by atoms with Gasteiger partial charge in [0, 0.05) is 6.54 Å². The van der Waals surface area contributed by atoms with Gasteiger partial charge in [0.25, 0.3) is 0 Å². The summed E-state index contributed by atoms with van der Waals surface area (Å²) in [5.41, 5.74) is 2.05. The second-order valence-corrected chi connectivity index (χ2v) is 5.44. The van der Waals surface area contributed by atoms with E-state index in [9.17, 15) is 9.59 Å². The molecule has 0 spiro atoms. The number of carboxylic acids is 1. The van der Waals surface area contributed by atoms with Gasteiger partial charge in [-0.2, -0.15) is 0 Å². The fourth-order valence-corrected chi connectivity index (χ4v) is 2.04. The van der Waals surface area contributed by atoms with Gasteiger partial charge < -0.3 is 9.84 Å². The fourth-order valence-electron chi connectivity index (χ4n) is 2.04. The Morgan fingerprint density at radius 2 is 1.91 bits per heavy atom. The monoisotopic (exact) mass is 305 g/mol. The van der Waals surface area contributed by atoms with E-state index in [1.807, 2.05) is 44.2 Å². The molecular formula is C17H23NO4. The standard InChI is InChI=1S/C13H15NO4.C4H8/c15-12(16)11-7-4-8-14(11)13(17)18-9-10-5-2-1-3-6-10;1-4(2)3/h1-3,5-6,11H,4,7-9H2,(H,15,16);1H2,2-3H3. The highest BCUT2D eigenvalue weighted by Gasteiger charge is 2.34. The predicted octanol–water partition coefficient (Wildman–Crippen LogP) is 3.45. The Bertz CT molecular complexity index is 509. The molecule has 1 unspecified atom stereocenters. The van der Waals surface area contributed by atoms with Crippen LogP contribution < -0.4 is 0 Å². The van der Waals surface area contributed by atoms with E-state index in [4.69, 9.17) is 9.84 Å². The Hall–Kier alpha value is -2.30. The van der Waals surface area contributed by atoms with E-state index in [0.29, 0.717) is 19.4 Å². The lowest BCUT2D eigenvalue weighted by molar-refractivity contribution is -0.141. The zero-order valence-electron chi connectivity index (χ0n) is 13.1. The van der Waals surface area contributed by atoms with Gasteiger partial charge in [-0.3, -0.25) is 4.90 Å². The molecule has 1 N–H and O–H groups in total. The van der Waals surface area contributed by atoms with Crippen molar-refractivity contribution in [3.05, 3.63) is 48.0 Å². The van der Waals surface area contributed by atoms with E-state index in [1.165, 1.54) is 10.5 Å². The van der Waals surface area contributed by atoms with Gasteiger partial charge in [0.05, 0.1) is 0 Å². The number of likely N-dealkylation sites (tertiary alicyclic amines) is 1. The third-order valence-electron chi connectivity index (χ3n) is 2.98. The van der Waals surface area contributed by atoms with Gasteiger partial charge >= 0.3 is 12.1 Å². The summed E-state index contributed by atoms with van der Waals surface area (Å²) < 4.78 is 5.12. The Morgan fingerprint density at radius 1 is 1.32 bits per heavy atom. The smallest absolute Gasteiger partial charge is 0.410 e. The van der Waals surface area contributed by atoms with E-state index in [0.717, 1.165) is 5.56 Å². The molecule has 5 nitrogen and oxygen atoms in total. The van der Waals surface area contributed by atoms with E-state index in [1.54, 1.807) is 0 Å².